The lowest BCUT2D eigenvalue weighted by Gasteiger charge is -2.26. The van der Waals surface area contributed by atoms with Crippen molar-refractivity contribution >= 4 is 29.6 Å². The summed E-state index contributed by atoms with van der Waals surface area (Å²) in [7, 11) is 0. The Morgan fingerprint density at radius 1 is 0.612 bits per heavy atom. The van der Waals surface area contributed by atoms with E-state index in [0.29, 0.717) is 58.0 Å². The van der Waals surface area contributed by atoms with Gasteiger partial charge in [-0.25, -0.2) is 0 Å². The SMILES string of the molecule is CCCCCCCCCCCCCCCC(=O)N[C@@H](C)C(=O)N[C@@H](CCCCN)C(=O)N[C@@H](CC(C)C)C(=O)N[C@H](C)CCCNC(=N)N. The van der Waals surface area contributed by atoms with Gasteiger partial charge < -0.3 is 38.1 Å². The van der Waals surface area contributed by atoms with Crippen molar-refractivity contribution in [3.8, 4) is 0 Å². The summed E-state index contributed by atoms with van der Waals surface area (Å²) in [6, 6.07) is -2.57. The second kappa shape index (κ2) is 30.0. The molecule has 0 rings (SSSR count). The normalized spacial score (nSPS) is 13.6. The van der Waals surface area contributed by atoms with Gasteiger partial charge in [0.25, 0.3) is 0 Å². The van der Waals surface area contributed by atoms with Crippen LogP contribution in [0.5, 0.6) is 0 Å². The monoisotopic (exact) mass is 695 g/mol. The number of unbranched alkanes of at least 4 members (excludes halogenated alkanes) is 13. The minimum absolute atomic E-state index is 0.0914. The molecule has 10 N–H and O–H groups in total. The first-order valence-electron chi connectivity index (χ1n) is 19.4. The Bertz CT molecular complexity index is 917. The van der Waals surface area contributed by atoms with Crippen molar-refractivity contribution in [2.75, 3.05) is 13.1 Å². The molecule has 4 amide bonds. The number of nitrogens with two attached hydrogens (primary N) is 2. The van der Waals surface area contributed by atoms with Crippen LogP contribution in [0.25, 0.3) is 0 Å². The lowest BCUT2D eigenvalue weighted by atomic mass is 10.0. The molecule has 0 radical (unpaired) electrons. The van der Waals surface area contributed by atoms with Gasteiger partial charge in [0.05, 0.1) is 0 Å². The maximum absolute atomic E-state index is 13.5. The highest BCUT2D eigenvalue weighted by Crippen LogP contribution is 2.13. The van der Waals surface area contributed by atoms with Gasteiger partial charge in [-0.1, -0.05) is 97.8 Å². The van der Waals surface area contributed by atoms with Crippen molar-refractivity contribution < 1.29 is 19.2 Å². The molecule has 49 heavy (non-hydrogen) atoms. The Balaban J connectivity index is 4.77. The maximum Gasteiger partial charge on any atom is 0.243 e. The number of amides is 4. The van der Waals surface area contributed by atoms with Crippen LogP contribution in [0.4, 0.5) is 0 Å². The number of nitrogens with one attached hydrogen (secondary N) is 6. The lowest BCUT2D eigenvalue weighted by Crippen LogP contribution is -2.57. The second-order valence-corrected chi connectivity index (χ2v) is 14.2. The highest BCUT2D eigenvalue weighted by atomic mass is 16.2. The molecule has 0 saturated carbocycles. The van der Waals surface area contributed by atoms with Gasteiger partial charge in [0.15, 0.2) is 5.96 Å². The van der Waals surface area contributed by atoms with E-state index in [0.717, 1.165) is 19.3 Å². The van der Waals surface area contributed by atoms with Crippen LogP contribution in [0.15, 0.2) is 0 Å². The van der Waals surface area contributed by atoms with E-state index in [-0.39, 0.29) is 29.7 Å². The number of hydrogen-bond acceptors (Lipinski definition) is 6. The molecule has 12 nitrogen and oxygen atoms in total. The Morgan fingerprint density at radius 3 is 1.67 bits per heavy atom. The fraction of sp³-hybridized carbons (Fsp3) is 0.865. The largest absolute Gasteiger partial charge is 0.370 e. The van der Waals surface area contributed by atoms with Crippen molar-refractivity contribution in [2.24, 2.45) is 17.4 Å². The quantitative estimate of drug-likeness (QED) is 0.0287. The first-order chi connectivity index (χ1) is 23.4. The van der Waals surface area contributed by atoms with Crippen LogP contribution in [-0.4, -0.2) is 66.8 Å². The fourth-order valence-electron chi connectivity index (χ4n) is 5.76. The fourth-order valence-corrected chi connectivity index (χ4v) is 5.76. The van der Waals surface area contributed by atoms with Gasteiger partial charge in [0.1, 0.15) is 18.1 Å². The van der Waals surface area contributed by atoms with Crippen molar-refractivity contribution in [1.29, 1.82) is 5.41 Å². The maximum atomic E-state index is 13.5. The third-order valence-corrected chi connectivity index (χ3v) is 8.72. The molecular formula is C37H74N8O4. The molecule has 0 aromatic heterocycles. The van der Waals surface area contributed by atoms with Crippen molar-refractivity contribution in [3.05, 3.63) is 0 Å². The minimum Gasteiger partial charge on any atom is -0.370 e. The molecule has 0 aliphatic carbocycles. The van der Waals surface area contributed by atoms with Crippen LogP contribution in [0, 0.1) is 11.3 Å². The third kappa shape index (κ3) is 26.6. The molecule has 0 spiro atoms. The van der Waals surface area contributed by atoms with E-state index in [2.05, 4.69) is 33.5 Å². The predicted molar refractivity (Wildman–Crippen MR) is 201 cm³/mol. The molecule has 286 valence electrons. The van der Waals surface area contributed by atoms with Crippen LogP contribution in [-0.2, 0) is 19.2 Å². The van der Waals surface area contributed by atoms with Gasteiger partial charge in [-0.2, -0.15) is 0 Å². The molecule has 4 atom stereocenters. The van der Waals surface area contributed by atoms with Gasteiger partial charge in [0, 0.05) is 19.0 Å². The zero-order valence-electron chi connectivity index (χ0n) is 31.7. The molecule has 0 aromatic carbocycles. The van der Waals surface area contributed by atoms with Crippen molar-refractivity contribution in [3.63, 3.8) is 0 Å². The number of carbonyl (C=O) groups excluding carboxylic acids is 4. The molecule has 12 heteroatoms. The molecule has 0 aliphatic rings. The topological polar surface area (TPSA) is 204 Å². The van der Waals surface area contributed by atoms with Gasteiger partial charge in [-0.3, -0.25) is 24.6 Å². The van der Waals surface area contributed by atoms with Gasteiger partial charge in [0.2, 0.25) is 23.6 Å². The van der Waals surface area contributed by atoms with E-state index < -0.39 is 29.9 Å². The predicted octanol–water partition coefficient (Wildman–Crippen LogP) is 4.89. The van der Waals surface area contributed by atoms with Gasteiger partial charge in [-0.15, -0.1) is 0 Å². The van der Waals surface area contributed by atoms with E-state index in [1.54, 1.807) is 6.92 Å². The summed E-state index contributed by atoms with van der Waals surface area (Å²) in [6.07, 6.45) is 19.9. The zero-order valence-corrected chi connectivity index (χ0v) is 31.7. The van der Waals surface area contributed by atoms with E-state index in [9.17, 15) is 19.2 Å². The Labute approximate surface area is 298 Å². The first kappa shape index (κ1) is 46.1. The molecule has 0 unspecified atom stereocenters. The van der Waals surface area contributed by atoms with Crippen LogP contribution in [0.1, 0.15) is 163 Å². The van der Waals surface area contributed by atoms with E-state index in [1.165, 1.54) is 64.2 Å². The highest BCUT2D eigenvalue weighted by Gasteiger charge is 2.29. The summed E-state index contributed by atoms with van der Waals surface area (Å²) in [4.78, 5) is 52.3. The van der Waals surface area contributed by atoms with E-state index in [1.807, 2.05) is 20.8 Å². The number of guanidine groups is 1. The summed E-state index contributed by atoms with van der Waals surface area (Å²) < 4.78 is 0. The Hall–Kier alpha value is -2.89. The number of rotatable bonds is 31. The molecular weight excluding hydrogens is 620 g/mol. The lowest BCUT2D eigenvalue weighted by molar-refractivity contribution is -0.134. The van der Waals surface area contributed by atoms with Crippen molar-refractivity contribution in [1.82, 2.24) is 26.6 Å². The summed E-state index contributed by atoms with van der Waals surface area (Å²) in [5.41, 5.74) is 11.0. The Morgan fingerprint density at radius 2 is 1.14 bits per heavy atom. The van der Waals surface area contributed by atoms with Crippen LogP contribution in [0.3, 0.4) is 0 Å². The van der Waals surface area contributed by atoms with Crippen molar-refractivity contribution in [2.45, 2.75) is 187 Å². The summed E-state index contributed by atoms with van der Waals surface area (Å²) in [6.45, 7) is 10.7. The third-order valence-electron chi connectivity index (χ3n) is 8.72. The van der Waals surface area contributed by atoms with E-state index >= 15 is 0 Å². The molecule has 0 aromatic rings. The van der Waals surface area contributed by atoms with Crippen LogP contribution >= 0.6 is 0 Å². The number of carbonyl (C=O) groups is 4. The molecule has 0 fully saturated rings. The summed E-state index contributed by atoms with van der Waals surface area (Å²) in [5.74, 6) is -1.28. The molecule has 0 saturated heterocycles. The smallest absolute Gasteiger partial charge is 0.243 e. The summed E-state index contributed by atoms with van der Waals surface area (Å²) in [5, 5.41) is 21.4. The average Bonchev–Trinajstić information content (AvgIpc) is 3.04. The average molecular weight is 695 g/mol. The molecule has 0 aliphatic heterocycles. The summed E-state index contributed by atoms with van der Waals surface area (Å²) >= 11 is 0. The van der Waals surface area contributed by atoms with Gasteiger partial charge >= 0.3 is 0 Å². The first-order valence-corrected chi connectivity index (χ1v) is 19.4. The minimum atomic E-state index is -0.864. The second-order valence-electron chi connectivity index (χ2n) is 14.2. The van der Waals surface area contributed by atoms with E-state index in [4.69, 9.17) is 16.9 Å². The van der Waals surface area contributed by atoms with Gasteiger partial charge in [-0.05, 0) is 71.3 Å². The van der Waals surface area contributed by atoms with Crippen LogP contribution in [0.2, 0.25) is 0 Å². The molecule has 0 bridgehead atoms. The molecule has 0 heterocycles. The zero-order chi connectivity index (χ0) is 36.9. The van der Waals surface area contributed by atoms with Crippen LogP contribution < -0.4 is 38.1 Å². The standard InChI is InChI=1S/C37H74N8O4/c1-6-7-8-9-10-11-12-13-14-15-16-17-18-24-33(46)43-30(5)34(47)44-31(23-19-20-25-38)35(48)45-32(27-28(2)3)36(49)42-29(4)22-21-26-41-37(39)40/h28-32H,6-27,38H2,1-5H3,(H,42,49)(H,43,46)(H,44,47)(H,45,48)(H4,39,40,41)/t29-,30+,31+,32+/m1/s1. The Kier molecular flexibility index (Phi) is 28.2. The highest BCUT2D eigenvalue weighted by molar-refractivity contribution is 5.94. The number of hydrogen-bond donors (Lipinski definition) is 8.